The fraction of sp³-hybridized carbons (Fsp3) is 0.611. The highest BCUT2D eigenvalue weighted by atomic mass is 19.3. The molecule has 1 fully saturated rings. The SMILES string of the molecule is CCN(C)/C=N/c1cc(C#N)c(O[C@H]2CC[C@@H](OC(F)F)CC2)nc1C. The van der Waals surface area contributed by atoms with Crippen LogP contribution in [-0.4, -0.2) is 48.6 Å². The van der Waals surface area contributed by atoms with Crippen molar-refractivity contribution in [2.24, 2.45) is 4.99 Å². The minimum absolute atomic E-state index is 0.160. The third-order valence-electron chi connectivity index (χ3n) is 4.36. The molecule has 142 valence electrons. The zero-order valence-corrected chi connectivity index (χ0v) is 15.3. The smallest absolute Gasteiger partial charge is 0.345 e. The largest absolute Gasteiger partial charge is 0.473 e. The Morgan fingerprint density at radius 3 is 2.62 bits per heavy atom. The minimum atomic E-state index is -2.74. The zero-order chi connectivity index (χ0) is 19.1. The first kappa shape index (κ1) is 20.0. The Bertz CT molecular complexity index is 668. The first-order valence-electron chi connectivity index (χ1n) is 8.69. The van der Waals surface area contributed by atoms with E-state index in [0.29, 0.717) is 42.6 Å². The monoisotopic (exact) mass is 366 g/mol. The molecule has 1 aromatic heterocycles. The Balaban J connectivity index is 2.05. The van der Waals surface area contributed by atoms with Crippen molar-refractivity contribution >= 4 is 12.0 Å². The second-order valence-electron chi connectivity index (χ2n) is 6.29. The predicted octanol–water partition coefficient (Wildman–Crippen LogP) is 3.80. The van der Waals surface area contributed by atoms with Crippen molar-refractivity contribution in [2.45, 2.75) is 58.4 Å². The number of ether oxygens (including phenoxy) is 2. The maximum atomic E-state index is 12.3. The lowest BCUT2D eigenvalue weighted by molar-refractivity contribution is -0.173. The summed E-state index contributed by atoms with van der Waals surface area (Å²) in [6.07, 6.45) is 3.27. The van der Waals surface area contributed by atoms with Crippen LogP contribution in [0.2, 0.25) is 0 Å². The van der Waals surface area contributed by atoms with Gasteiger partial charge in [0.2, 0.25) is 5.88 Å². The summed E-state index contributed by atoms with van der Waals surface area (Å²) in [6, 6.07) is 3.75. The molecular formula is C18H24F2N4O2. The van der Waals surface area contributed by atoms with Crippen LogP contribution in [0.4, 0.5) is 14.5 Å². The first-order valence-corrected chi connectivity index (χ1v) is 8.69. The van der Waals surface area contributed by atoms with E-state index in [9.17, 15) is 14.0 Å². The lowest BCUT2D eigenvalue weighted by atomic mass is 9.95. The molecule has 1 aliphatic rings. The van der Waals surface area contributed by atoms with Gasteiger partial charge in [0.1, 0.15) is 17.7 Å². The van der Waals surface area contributed by atoms with Crippen LogP contribution in [-0.2, 0) is 4.74 Å². The molecule has 1 aliphatic carbocycles. The van der Waals surface area contributed by atoms with E-state index in [1.54, 1.807) is 19.3 Å². The van der Waals surface area contributed by atoms with Gasteiger partial charge in [-0.15, -0.1) is 0 Å². The summed E-state index contributed by atoms with van der Waals surface area (Å²) in [5.41, 5.74) is 1.59. The number of rotatable bonds is 7. The average molecular weight is 366 g/mol. The molecule has 0 atom stereocenters. The van der Waals surface area contributed by atoms with Gasteiger partial charge < -0.3 is 14.4 Å². The molecule has 26 heavy (non-hydrogen) atoms. The summed E-state index contributed by atoms with van der Waals surface area (Å²) in [7, 11) is 1.91. The van der Waals surface area contributed by atoms with Gasteiger partial charge in [0, 0.05) is 13.6 Å². The fourth-order valence-electron chi connectivity index (χ4n) is 2.71. The van der Waals surface area contributed by atoms with Crippen LogP contribution >= 0.6 is 0 Å². The van der Waals surface area contributed by atoms with Gasteiger partial charge in [-0.3, -0.25) is 0 Å². The average Bonchev–Trinajstić information content (AvgIpc) is 2.62. The highest BCUT2D eigenvalue weighted by Crippen LogP contribution is 2.29. The molecule has 0 saturated heterocycles. The second kappa shape index (κ2) is 9.43. The summed E-state index contributed by atoms with van der Waals surface area (Å²) in [5.74, 6) is 0.269. The molecule has 1 saturated carbocycles. The Morgan fingerprint density at radius 2 is 2.04 bits per heavy atom. The second-order valence-corrected chi connectivity index (χ2v) is 6.29. The predicted molar refractivity (Wildman–Crippen MR) is 93.9 cm³/mol. The molecular weight excluding hydrogens is 342 g/mol. The first-order chi connectivity index (χ1) is 12.4. The van der Waals surface area contributed by atoms with E-state index in [2.05, 4.69) is 20.8 Å². The van der Waals surface area contributed by atoms with Crippen molar-refractivity contribution < 1.29 is 18.3 Å². The Morgan fingerprint density at radius 1 is 1.38 bits per heavy atom. The molecule has 1 heterocycles. The fourth-order valence-corrected chi connectivity index (χ4v) is 2.71. The number of pyridine rings is 1. The highest BCUT2D eigenvalue weighted by Gasteiger charge is 2.26. The van der Waals surface area contributed by atoms with Gasteiger partial charge in [0.05, 0.1) is 23.8 Å². The van der Waals surface area contributed by atoms with Crippen LogP contribution < -0.4 is 4.74 Å². The van der Waals surface area contributed by atoms with Crippen molar-refractivity contribution in [1.29, 1.82) is 5.26 Å². The number of aromatic nitrogens is 1. The number of halogens is 2. The highest BCUT2D eigenvalue weighted by molar-refractivity contribution is 5.63. The Labute approximate surface area is 152 Å². The van der Waals surface area contributed by atoms with Crippen LogP contribution in [0, 0.1) is 18.3 Å². The molecule has 0 aliphatic heterocycles. The molecule has 1 aromatic rings. The number of aryl methyl sites for hydroxylation is 1. The van der Waals surface area contributed by atoms with Gasteiger partial charge >= 0.3 is 6.61 Å². The molecule has 0 unspecified atom stereocenters. The number of alkyl halides is 2. The van der Waals surface area contributed by atoms with Crippen molar-refractivity contribution in [1.82, 2.24) is 9.88 Å². The standard InChI is InChI=1S/C18H24F2N4O2/c1-4-24(3)11-22-16-9-13(10-21)17(23-12(16)2)25-14-5-7-15(8-6-14)26-18(19)20/h9,11,14-15,18H,4-8H2,1-3H3/b22-11+/t14-,15+. The summed E-state index contributed by atoms with van der Waals surface area (Å²) >= 11 is 0. The molecule has 0 aromatic carbocycles. The van der Waals surface area contributed by atoms with Crippen molar-refractivity contribution in [3.63, 3.8) is 0 Å². The summed E-state index contributed by atoms with van der Waals surface area (Å²) in [5, 5.41) is 9.39. The zero-order valence-electron chi connectivity index (χ0n) is 15.3. The quantitative estimate of drug-likeness (QED) is 0.542. The number of nitrogens with zero attached hydrogens (tertiary/aromatic N) is 4. The van der Waals surface area contributed by atoms with Crippen LogP contribution in [0.1, 0.15) is 43.9 Å². The van der Waals surface area contributed by atoms with Gasteiger partial charge in [0.15, 0.2) is 0 Å². The molecule has 0 spiro atoms. The van der Waals surface area contributed by atoms with Crippen molar-refractivity contribution in [2.75, 3.05) is 13.6 Å². The maximum absolute atomic E-state index is 12.3. The van der Waals surface area contributed by atoms with Crippen LogP contribution in [0.15, 0.2) is 11.1 Å². The van der Waals surface area contributed by atoms with Crippen molar-refractivity contribution in [3.05, 3.63) is 17.3 Å². The van der Waals surface area contributed by atoms with E-state index in [1.165, 1.54) is 0 Å². The molecule has 0 amide bonds. The molecule has 0 radical (unpaired) electrons. The van der Waals surface area contributed by atoms with Crippen LogP contribution in [0.3, 0.4) is 0 Å². The van der Waals surface area contributed by atoms with Crippen molar-refractivity contribution in [3.8, 4) is 11.9 Å². The third-order valence-corrected chi connectivity index (χ3v) is 4.36. The van der Waals surface area contributed by atoms with E-state index in [1.807, 2.05) is 18.9 Å². The topological polar surface area (TPSA) is 70.7 Å². The van der Waals surface area contributed by atoms with Gasteiger partial charge in [-0.05, 0) is 45.6 Å². The molecule has 0 bridgehead atoms. The normalized spacial score (nSPS) is 20.3. The number of hydrogen-bond donors (Lipinski definition) is 0. The lowest BCUT2D eigenvalue weighted by Gasteiger charge is -2.28. The molecule has 0 N–H and O–H groups in total. The Hall–Kier alpha value is -2.27. The molecule has 2 rings (SSSR count). The maximum Gasteiger partial charge on any atom is 0.345 e. The van der Waals surface area contributed by atoms with E-state index < -0.39 is 12.7 Å². The molecule has 8 heteroatoms. The van der Waals surface area contributed by atoms with Crippen LogP contribution in [0.5, 0.6) is 5.88 Å². The molecule has 6 nitrogen and oxygen atoms in total. The van der Waals surface area contributed by atoms with E-state index in [0.717, 1.165) is 6.54 Å². The number of nitriles is 1. The third kappa shape index (κ3) is 5.63. The van der Waals surface area contributed by atoms with Crippen LogP contribution in [0.25, 0.3) is 0 Å². The summed E-state index contributed by atoms with van der Waals surface area (Å²) in [6.45, 7) is 1.89. The van der Waals surface area contributed by atoms with E-state index in [-0.39, 0.29) is 12.0 Å². The van der Waals surface area contributed by atoms with Gasteiger partial charge in [-0.2, -0.15) is 14.0 Å². The number of hydrogen-bond acceptors (Lipinski definition) is 5. The van der Waals surface area contributed by atoms with Gasteiger partial charge in [0.25, 0.3) is 0 Å². The minimum Gasteiger partial charge on any atom is -0.473 e. The van der Waals surface area contributed by atoms with Gasteiger partial charge in [-0.25, -0.2) is 9.98 Å². The number of aliphatic imine (C=N–C) groups is 1. The van der Waals surface area contributed by atoms with E-state index >= 15 is 0 Å². The van der Waals surface area contributed by atoms with E-state index in [4.69, 9.17) is 4.74 Å². The summed E-state index contributed by atoms with van der Waals surface area (Å²) in [4.78, 5) is 10.6. The summed E-state index contributed by atoms with van der Waals surface area (Å²) < 4.78 is 35.0. The Kier molecular flexibility index (Phi) is 7.27. The lowest BCUT2D eigenvalue weighted by Crippen LogP contribution is -2.29. The van der Waals surface area contributed by atoms with Gasteiger partial charge in [-0.1, -0.05) is 0 Å².